The van der Waals surface area contributed by atoms with Crippen LogP contribution in [0, 0.1) is 0 Å². The molecule has 0 saturated carbocycles. The maximum atomic E-state index is 12.4. The Labute approximate surface area is 123 Å². The predicted molar refractivity (Wildman–Crippen MR) is 82.0 cm³/mol. The van der Waals surface area contributed by atoms with Crippen LogP contribution in [-0.2, 0) is 16.6 Å². The third kappa shape index (κ3) is 3.27. The Balaban J connectivity index is 2.21. The van der Waals surface area contributed by atoms with Crippen LogP contribution in [0.25, 0.3) is 0 Å². The van der Waals surface area contributed by atoms with Gasteiger partial charge in [0.15, 0.2) is 0 Å². The molecule has 4 nitrogen and oxygen atoms in total. The topological polar surface area (TPSA) is 63.4 Å². The monoisotopic (exact) mass is 310 g/mol. The van der Waals surface area contributed by atoms with Crippen LogP contribution >= 0.6 is 11.3 Å². The van der Waals surface area contributed by atoms with Gasteiger partial charge in [0.1, 0.15) is 0 Å². The number of hydrogen-bond donors (Lipinski definition) is 1. The van der Waals surface area contributed by atoms with Gasteiger partial charge in [-0.3, -0.25) is 0 Å². The van der Waals surface area contributed by atoms with Crippen molar-refractivity contribution in [3.8, 4) is 0 Å². The molecule has 0 fully saturated rings. The highest BCUT2D eigenvalue weighted by atomic mass is 32.2. The number of benzene rings is 1. The van der Waals surface area contributed by atoms with Crippen LogP contribution < -0.4 is 5.73 Å². The molecule has 0 aliphatic carbocycles. The maximum Gasteiger partial charge on any atom is 0.243 e. The van der Waals surface area contributed by atoms with E-state index in [9.17, 15) is 8.42 Å². The molecule has 20 heavy (non-hydrogen) atoms. The Bertz CT molecular complexity index is 647. The molecule has 1 atom stereocenters. The molecule has 0 saturated heterocycles. The number of sulfonamides is 1. The lowest BCUT2D eigenvalue weighted by Crippen LogP contribution is -2.26. The zero-order valence-corrected chi connectivity index (χ0v) is 13.1. The molecule has 0 aliphatic heterocycles. The second-order valence-electron chi connectivity index (χ2n) is 4.75. The van der Waals surface area contributed by atoms with E-state index >= 15 is 0 Å². The summed E-state index contributed by atoms with van der Waals surface area (Å²) in [6.45, 7) is 2.24. The van der Waals surface area contributed by atoms with Crippen molar-refractivity contribution in [1.29, 1.82) is 0 Å². The van der Waals surface area contributed by atoms with E-state index in [1.165, 1.54) is 4.31 Å². The lowest BCUT2D eigenvalue weighted by Gasteiger charge is -2.17. The summed E-state index contributed by atoms with van der Waals surface area (Å²) in [7, 11) is -1.87. The second-order valence-corrected chi connectivity index (χ2v) is 7.58. The number of thiophene rings is 1. The van der Waals surface area contributed by atoms with Crippen molar-refractivity contribution in [1.82, 2.24) is 4.31 Å². The van der Waals surface area contributed by atoms with Crippen molar-refractivity contribution in [2.24, 2.45) is 5.73 Å². The third-order valence-corrected chi connectivity index (χ3v) is 5.65. The van der Waals surface area contributed by atoms with Crippen molar-refractivity contribution < 1.29 is 8.42 Å². The van der Waals surface area contributed by atoms with Crippen LogP contribution in [-0.4, -0.2) is 19.8 Å². The fraction of sp³-hybridized carbons (Fsp3) is 0.286. The minimum Gasteiger partial charge on any atom is -0.324 e. The molecule has 1 heterocycles. The Hall–Kier alpha value is -1.21. The van der Waals surface area contributed by atoms with Gasteiger partial charge in [-0.1, -0.05) is 12.1 Å². The van der Waals surface area contributed by atoms with Gasteiger partial charge in [-0.05, 0) is 47.0 Å². The van der Waals surface area contributed by atoms with Gasteiger partial charge in [-0.2, -0.15) is 15.6 Å². The molecule has 1 aromatic carbocycles. The summed E-state index contributed by atoms with van der Waals surface area (Å²) < 4.78 is 26.2. The zero-order valence-electron chi connectivity index (χ0n) is 11.5. The molecule has 0 amide bonds. The van der Waals surface area contributed by atoms with Gasteiger partial charge >= 0.3 is 0 Å². The molecule has 2 aromatic rings. The molecule has 0 radical (unpaired) electrons. The van der Waals surface area contributed by atoms with Gasteiger partial charge in [0.25, 0.3) is 0 Å². The first-order chi connectivity index (χ1) is 9.41. The van der Waals surface area contributed by atoms with E-state index in [1.54, 1.807) is 42.6 Å². The first-order valence-electron chi connectivity index (χ1n) is 6.24. The summed E-state index contributed by atoms with van der Waals surface area (Å²) in [5, 5.41) is 3.89. The average molecular weight is 310 g/mol. The number of nitrogens with two attached hydrogens (primary N) is 1. The number of rotatable bonds is 5. The first-order valence-corrected chi connectivity index (χ1v) is 8.62. The third-order valence-electron chi connectivity index (χ3n) is 3.10. The molecule has 0 aliphatic rings. The largest absolute Gasteiger partial charge is 0.324 e. The average Bonchev–Trinajstić information content (AvgIpc) is 2.91. The fourth-order valence-corrected chi connectivity index (χ4v) is 3.67. The molecule has 6 heteroatoms. The second kappa shape index (κ2) is 6.05. The minimum absolute atomic E-state index is 0.102. The van der Waals surface area contributed by atoms with Gasteiger partial charge in [0.2, 0.25) is 10.0 Å². The Morgan fingerprint density at radius 2 is 1.90 bits per heavy atom. The van der Waals surface area contributed by atoms with Crippen LogP contribution in [0.2, 0.25) is 0 Å². The van der Waals surface area contributed by atoms with E-state index in [0.29, 0.717) is 11.4 Å². The highest BCUT2D eigenvalue weighted by Gasteiger charge is 2.21. The van der Waals surface area contributed by atoms with Crippen molar-refractivity contribution >= 4 is 21.4 Å². The summed E-state index contributed by atoms with van der Waals surface area (Å²) in [6, 6.07) is 8.56. The Morgan fingerprint density at radius 3 is 2.40 bits per heavy atom. The summed E-state index contributed by atoms with van der Waals surface area (Å²) in [5.41, 5.74) is 7.68. The molecule has 0 bridgehead atoms. The van der Waals surface area contributed by atoms with Gasteiger partial charge in [0.05, 0.1) is 4.90 Å². The van der Waals surface area contributed by atoms with E-state index in [1.807, 2.05) is 23.8 Å². The molecule has 1 aromatic heterocycles. The first kappa shape index (κ1) is 15.2. The fourth-order valence-electron chi connectivity index (χ4n) is 1.85. The number of nitrogens with zero attached hydrogens (tertiary/aromatic N) is 1. The van der Waals surface area contributed by atoms with E-state index in [0.717, 1.165) is 11.1 Å². The number of hydrogen-bond acceptors (Lipinski definition) is 4. The zero-order chi connectivity index (χ0) is 14.8. The van der Waals surface area contributed by atoms with E-state index in [2.05, 4.69) is 0 Å². The highest BCUT2D eigenvalue weighted by Crippen LogP contribution is 2.19. The summed E-state index contributed by atoms with van der Waals surface area (Å²) in [5.74, 6) is 0. The van der Waals surface area contributed by atoms with Gasteiger partial charge in [-0.25, -0.2) is 8.42 Å². The van der Waals surface area contributed by atoms with Crippen molar-refractivity contribution in [3.05, 3.63) is 52.2 Å². The maximum absolute atomic E-state index is 12.4. The molecular weight excluding hydrogens is 292 g/mol. The normalized spacial score (nSPS) is 13.6. The van der Waals surface area contributed by atoms with E-state index in [4.69, 9.17) is 5.73 Å². The molecule has 2 N–H and O–H groups in total. The Morgan fingerprint density at radius 1 is 1.25 bits per heavy atom. The van der Waals surface area contributed by atoms with Crippen LogP contribution in [0.4, 0.5) is 0 Å². The lowest BCUT2D eigenvalue weighted by molar-refractivity contribution is 0.467. The minimum atomic E-state index is -3.46. The summed E-state index contributed by atoms with van der Waals surface area (Å²) >= 11 is 1.56. The SMILES string of the molecule is CC(N)c1ccc(S(=O)(=O)N(C)Cc2ccsc2)cc1. The van der Waals surface area contributed by atoms with Gasteiger partial charge in [0, 0.05) is 19.6 Å². The van der Waals surface area contributed by atoms with Crippen LogP contribution in [0.3, 0.4) is 0 Å². The van der Waals surface area contributed by atoms with Crippen LogP contribution in [0.15, 0.2) is 46.0 Å². The van der Waals surface area contributed by atoms with Crippen molar-refractivity contribution in [3.63, 3.8) is 0 Å². The quantitative estimate of drug-likeness (QED) is 0.923. The Kier molecular flexibility index (Phi) is 4.59. The summed E-state index contributed by atoms with van der Waals surface area (Å²) in [4.78, 5) is 0.291. The molecule has 1 unspecified atom stereocenters. The molecule has 108 valence electrons. The summed E-state index contributed by atoms with van der Waals surface area (Å²) in [6.07, 6.45) is 0. The molecule has 2 rings (SSSR count). The lowest BCUT2D eigenvalue weighted by atomic mass is 10.1. The van der Waals surface area contributed by atoms with E-state index < -0.39 is 10.0 Å². The van der Waals surface area contributed by atoms with Gasteiger partial charge < -0.3 is 5.73 Å². The van der Waals surface area contributed by atoms with Crippen molar-refractivity contribution in [2.75, 3.05) is 7.05 Å². The molecule has 0 spiro atoms. The van der Waals surface area contributed by atoms with Gasteiger partial charge in [-0.15, -0.1) is 0 Å². The molecular formula is C14H18N2O2S2. The smallest absolute Gasteiger partial charge is 0.243 e. The van der Waals surface area contributed by atoms with Crippen LogP contribution in [0.1, 0.15) is 24.1 Å². The van der Waals surface area contributed by atoms with Crippen LogP contribution in [0.5, 0.6) is 0 Å². The van der Waals surface area contributed by atoms with Crippen molar-refractivity contribution in [2.45, 2.75) is 24.4 Å². The highest BCUT2D eigenvalue weighted by molar-refractivity contribution is 7.89. The van der Waals surface area contributed by atoms with E-state index in [-0.39, 0.29) is 6.04 Å². The standard InChI is InChI=1S/C14H18N2O2S2/c1-11(15)13-3-5-14(6-4-13)20(17,18)16(2)9-12-7-8-19-10-12/h3-8,10-11H,9,15H2,1-2H3. The predicted octanol–water partition coefficient (Wildman–Crippen LogP) is 2.59.